The van der Waals surface area contributed by atoms with Gasteiger partial charge in [0, 0.05) is 6.08 Å². The van der Waals surface area contributed by atoms with Crippen LogP contribution in [0.2, 0.25) is 0 Å². The first-order valence-electron chi connectivity index (χ1n) is 4.70. The summed E-state index contributed by atoms with van der Waals surface area (Å²) in [7, 11) is 1.38. The van der Waals surface area contributed by atoms with Crippen LogP contribution >= 0.6 is 0 Å². The van der Waals surface area contributed by atoms with Gasteiger partial charge in [-0.15, -0.1) is 0 Å². The molecule has 0 N–H and O–H groups in total. The van der Waals surface area contributed by atoms with Gasteiger partial charge in [-0.2, -0.15) is 0 Å². The van der Waals surface area contributed by atoms with Gasteiger partial charge >= 0.3 is 5.97 Å². The van der Waals surface area contributed by atoms with E-state index in [9.17, 15) is 4.79 Å². The van der Waals surface area contributed by atoms with Crippen molar-refractivity contribution < 1.29 is 9.53 Å². The van der Waals surface area contributed by atoms with Crippen molar-refractivity contribution in [1.82, 2.24) is 0 Å². The highest BCUT2D eigenvalue weighted by Gasteiger charge is 1.87. The number of hydrogen-bond donors (Lipinski definition) is 0. The lowest BCUT2D eigenvalue weighted by atomic mass is 10.2. The molecule has 74 valence electrons. The first-order valence-corrected chi connectivity index (χ1v) is 4.70. The third kappa shape index (κ3) is 8.86. The summed E-state index contributed by atoms with van der Waals surface area (Å²) < 4.78 is 4.45. The molecule has 0 atom stereocenters. The van der Waals surface area contributed by atoms with E-state index < -0.39 is 0 Å². The Morgan fingerprint density at radius 3 is 2.69 bits per heavy atom. The third-order valence-electron chi connectivity index (χ3n) is 1.62. The summed E-state index contributed by atoms with van der Waals surface area (Å²) in [5, 5.41) is 0. The maximum absolute atomic E-state index is 10.6. The highest BCUT2D eigenvalue weighted by Crippen LogP contribution is 1.96. The summed E-state index contributed by atoms with van der Waals surface area (Å²) >= 11 is 0. The molecule has 0 aromatic heterocycles. The second kappa shape index (κ2) is 9.04. The van der Waals surface area contributed by atoms with Crippen molar-refractivity contribution in [2.45, 2.75) is 32.6 Å². The minimum absolute atomic E-state index is 0.290. The molecule has 0 heterocycles. The highest BCUT2D eigenvalue weighted by molar-refractivity contribution is 5.81. The average Bonchev–Trinajstić information content (AvgIpc) is 2.16. The zero-order valence-corrected chi connectivity index (χ0v) is 8.45. The zero-order chi connectivity index (χ0) is 9.94. The van der Waals surface area contributed by atoms with Gasteiger partial charge in [-0.05, 0) is 12.8 Å². The van der Waals surface area contributed by atoms with Crippen molar-refractivity contribution in [3.05, 3.63) is 24.3 Å². The SMILES string of the molecule is CCCCC=CCC=CC(=O)OC. The summed E-state index contributed by atoms with van der Waals surface area (Å²) in [4.78, 5) is 10.6. The van der Waals surface area contributed by atoms with Crippen LogP contribution in [0.4, 0.5) is 0 Å². The Balaban J connectivity index is 3.38. The minimum Gasteiger partial charge on any atom is -0.466 e. The predicted octanol–water partition coefficient (Wildman–Crippen LogP) is 2.85. The van der Waals surface area contributed by atoms with Gasteiger partial charge in [0.1, 0.15) is 0 Å². The molecule has 0 saturated heterocycles. The Morgan fingerprint density at radius 2 is 2.08 bits per heavy atom. The molecular formula is C11H18O2. The van der Waals surface area contributed by atoms with Crippen LogP contribution in [0.1, 0.15) is 32.6 Å². The second-order valence-electron chi connectivity index (χ2n) is 2.77. The minimum atomic E-state index is -0.290. The number of carbonyl (C=O) groups is 1. The van der Waals surface area contributed by atoms with E-state index in [-0.39, 0.29) is 5.97 Å². The van der Waals surface area contributed by atoms with E-state index in [0.29, 0.717) is 0 Å². The van der Waals surface area contributed by atoms with Gasteiger partial charge < -0.3 is 4.74 Å². The van der Waals surface area contributed by atoms with Gasteiger partial charge in [0.2, 0.25) is 0 Å². The second-order valence-corrected chi connectivity index (χ2v) is 2.77. The predicted molar refractivity (Wildman–Crippen MR) is 54.4 cm³/mol. The molecule has 13 heavy (non-hydrogen) atoms. The van der Waals surface area contributed by atoms with Crippen LogP contribution in [0, 0.1) is 0 Å². The molecule has 2 nitrogen and oxygen atoms in total. The molecule has 0 unspecified atom stereocenters. The van der Waals surface area contributed by atoms with Crippen molar-refractivity contribution in [2.24, 2.45) is 0 Å². The Hall–Kier alpha value is -1.05. The van der Waals surface area contributed by atoms with Gasteiger partial charge in [0.05, 0.1) is 7.11 Å². The molecule has 0 rings (SSSR count). The number of allylic oxidation sites excluding steroid dienone is 3. The first-order chi connectivity index (χ1) is 6.31. The van der Waals surface area contributed by atoms with Gasteiger partial charge in [0.15, 0.2) is 0 Å². The quantitative estimate of drug-likeness (QED) is 0.273. The zero-order valence-electron chi connectivity index (χ0n) is 8.45. The highest BCUT2D eigenvalue weighted by atomic mass is 16.5. The molecule has 0 spiro atoms. The third-order valence-corrected chi connectivity index (χ3v) is 1.62. The van der Waals surface area contributed by atoms with Gasteiger partial charge in [-0.25, -0.2) is 4.79 Å². The van der Waals surface area contributed by atoms with Crippen molar-refractivity contribution in [2.75, 3.05) is 7.11 Å². The number of rotatable bonds is 6. The topological polar surface area (TPSA) is 26.3 Å². The normalized spacial score (nSPS) is 11.2. The molecule has 0 radical (unpaired) electrons. The maximum Gasteiger partial charge on any atom is 0.330 e. The fraction of sp³-hybridized carbons (Fsp3) is 0.545. The Labute approximate surface area is 80.3 Å². The molecule has 0 bridgehead atoms. The van der Waals surface area contributed by atoms with Crippen LogP contribution in [0.3, 0.4) is 0 Å². The van der Waals surface area contributed by atoms with E-state index in [1.54, 1.807) is 6.08 Å². The average molecular weight is 182 g/mol. The molecule has 0 aliphatic rings. The monoisotopic (exact) mass is 182 g/mol. The lowest BCUT2D eigenvalue weighted by Crippen LogP contribution is -1.92. The lowest BCUT2D eigenvalue weighted by molar-refractivity contribution is -0.134. The number of unbranched alkanes of at least 4 members (excludes halogenated alkanes) is 2. The van der Waals surface area contributed by atoms with Crippen LogP contribution in [0.5, 0.6) is 0 Å². The fourth-order valence-corrected chi connectivity index (χ4v) is 0.847. The molecule has 0 fully saturated rings. The van der Waals surface area contributed by atoms with Crippen LogP contribution in [0.25, 0.3) is 0 Å². The first kappa shape index (κ1) is 11.9. The molecule has 2 heteroatoms. The van der Waals surface area contributed by atoms with E-state index in [2.05, 4.69) is 23.8 Å². The van der Waals surface area contributed by atoms with Crippen molar-refractivity contribution >= 4 is 5.97 Å². The fourth-order valence-electron chi connectivity index (χ4n) is 0.847. The van der Waals surface area contributed by atoms with Crippen molar-refractivity contribution in [1.29, 1.82) is 0 Å². The molecule has 0 aromatic rings. The lowest BCUT2D eigenvalue weighted by Gasteiger charge is -1.88. The summed E-state index contributed by atoms with van der Waals surface area (Å²) in [6.45, 7) is 2.17. The van der Waals surface area contributed by atoms with Crippen molar-refractivity contribution in [3.8, 4) is 0 Å². The molecule has 0 aliphatic carbocycles. The Bertz CT molecular complexity index is 181. The number of hydrogen-bond acceptors (Lipinski definition) is 2. The summed E-state index contributed by atoms with van der Waals surface area (Å²) in [6.07, 6.45) is 11.8. The molecule has 0 aliphatic heterocycles. The maximum atomic E-state index is 10.6. The number of esters is 1. The Kier molecular flexibility index (Phi) is 8.31. The van der Waals surface area contributed by atoms with Crippen LogP contribution < -0.4 is 0 Å². The van der Waals surface area contributed by atoms with Gasteiger partial charge in [0.25, 0.3) is 0 Å². The molecule has 0 aromatic carbocycles. The number of carbonyl (C=O) groups excluding carboxylic acids is 1. The molecule has 0 amide bonds. The number of ether oxygens (including phenoxy) is 1. The van der Waals surface area contributed by atoms with E-state index >= 15 is 0 Å². The standard InChI is InChI=1S/C11H18O2/c1-3-4-5-6-7-8-9-10-11(12)13-2/h6-7,9-10H,3-5,8H2,1-2H3. The van der Waals surface area contributed by atoms with Crippen LogP contribution in [-0.4, -0.2) is 13.1 Å². The Morgan fingerprint density at radius 1 is 1.31 bits per heavy atom. The van der Waals surface area contributed by atoms with Gasteiger partial charge in [-0.3, -0.25) is 0 Å². The van der Waals surface area contributed by atoms with E-state index in [1.165, 1.54) is 26.0 Å². The van der Waals surface area contributed by atoms with Crippen LogP contribution in [0.15, 0.2) is 24.3 Å². The summed E-state index contributed by atoms with van der Waals surface area (Å²) in [5.41, 5.74) is 0. The number of methoxy groups -OCH3 is 1. The van der Waals surface area contributed by atoms with E-state index in [1.807, 2.05) is 0 Å². The smallest absolute Gasteiger partial charge is 0.330 e. The molecular weight excluding hydrogens is 164 g/mol. The van der Waals surface area contributed by atoms with E-state index in [0.717, 1.165) is 12.8 Å². The molecule has 0 saturated carbocycles. The van der Waals surface area contributed by atoms with Crippen LogP contribution in [-0.2, 0) is 9.53 Å². The van der Waals surface area contributed by atoms with Gasteiger partial charge in [-0.1, -0.05) is 38.0 Å². The summed E-state index contributed by atoms with van der Waals surface area (Å²) in [5.74, 6) is -0.290. The summed E-state index contributed by atoms with van der Waals surface area (Å²) in [6, 6.07) is 0. The largest absolute Gasteiger partial charge is 0.466 e. The van der Waals surface area contributed by atoms with Crippen molar-refractivity contribution in [3.63, 3.8) is 0 Å². The van der Waals surface area contributed by atoms with E-state index in [4.69, 9.17) is 0 Å².